The third kappa shape index (κ3) is 2.74. The zero-order chi connectivity index (χ0) is 15.5. The van der Waals surface area contributed by atoms with Gasteiger partial charge in [-0.3, -0.25) is 4.98 Å². The lowest BCUT2D eigenvalue weighted by atomic mass is 10.0. The van der Waals surface area contributed by atoms with E-state index in [1.54, 1.807) is 12.3 Å². The van der Waals surface area contributed by atoms with Gasteiger partial charge in [-0.2, -0.15) is 5.26 Å². The minimum atomic E-state index is 0.0650. The molecule has 3 N–H and O–H groups in total. The molecule has 5 nitrogen and oxygen atoms in total. The maximum Gasteiger partial charge on any atom is 0.0991 e. The van der Waals surface area contributed by atoms with E-state index in [1.165, 1.54) is 0 Å². The zero-order valence-electron chi connectivity index (χ0n) is 12.2. The highest BCUT2D eigenvalue weighted by Gasteiger charge is 2.21. The zero-order valence-corrected chi connectivity index (χ0v) is 12.2. The lowest BCUT2D eigenvalue weighted by molar-refractivity contribution is 0.0413. The molecule has 0 saturated carbocycles. The maximum atomic E-state index is 9.10. The number of nitrogens with one attached hydrogen (secondary N) is 1. The molecule has 1 aromatic heterocycles. The van der Waals surface area contributed by atoms with Crippen molar-refractivity contribution in [3.8, 4) is 6.07 Å². The van der Waals surface area contributed by atoms with Crippen molar-refractivity contribution in [3.05, 3.63) is 42.6 Å². The normalized spacial score (nSPS) is 21.2. The van der Waals surface area contributed by atoms with Gasteiger partial charge in [-0.1, -0.05) is 6.08 Å². The number of pyridine rings is 1. The minimum Gasteiger partial charge on any atom is -0.396 e. The Balaban J connectivity index is 1.97. The molecule has 2 atom stereocenters. The van der Waals surface area contributed by atoms with Gasteiger partial charge in [-0.25, -0.2) is 0 Å². The molecule has 0 unspecified atom stereocenters. The van der Waals surface area contributed by atoms with E-state index >= 15 is 0 Å². The molecule has 1 aromatic carbocycles. The maximum absolute atomic E-state index is 9.10. The van der Waals surface area contributed by atoms with Gasteiger partial charge in [-0.15, -0.1) is 6.58 Å². The second-order valence-corrected chi connectivity index (χ2v) is 5.44. The van der Waals surface area contributed by atoms with Crippen LogP contribution in [0.5, 0.6) is 0 Å². The van der Waals surface area contributed by atoms with Crippen LogP contribution in [0.1, 0.15) is 18.4 Å². The van der Waals surface area contributed by atoms with Gasteiger partial charge in [0.1, 0.15) is 0 Å². The largest absolute Gasteiger partial charge is 0.396 e. The Morgan fingerprint density at radius 2 is 2.36 bits per heavy atom. The van der Waals surface area contributed by atoms with Crippen LogP contribution in [0.25, 0.3) is 10.9 Å². The lowest BCUT2D eigenvalue weighted by Crippen LogP contribution is -2.33. The van der Waals surface area contributed by atoms with Crippen molar-refractivity contribution in [2.45, 2.75) is 25.0 Å². The van der Waals surface area contributed by atoms with Gasteiger partial charge in [0.2, 0.25) is 0 Å². The fourth-order valence-electron chi connectivity index (χ4n) is 2.77. The summed E-state index contributed by atoms with van der Waals surface area (Å²) in [6.07, 6.45) is 5.31. The van der Waals surface area contributed by atoms with Crippen LogP contribution in [0.15, 0.2) is 37.1 Å². The quantitative estimate of drug-likeness (QED) is 0.850. The molecule has 1 aliphatic heterocycles. The van der Waals surface area contributed by atoms with Crippen LogP contribution < -0.4 is 11.1 Å². The predicted octanol–water partition coefficient (Wildman–Crippen LogP) is 2.83. The Kier molecular flexibility index (Phi) is 3.94. The fraction of sp³-hybridized carbons (Fsp3) is 0.294. The van der Waals surface area contributed by atoms with Gasteiger partial charge >= 0.3 is 0 Å². The summed E-state index contributed by atoms with van der Waals surface area (Å²) in [7, 11) is 0. The third-order valence-corrected chi connectivity index (χ3v) is 3.95. The summed E-state index contributed by atoms with van der Waals surface area (Å²) < 4.78 is 5.60. The van der Waals surface area contributed by atoms with Gasteiger partial charge in [0, 0.05) is 18.0 Å². The van der Waals surface area contributed by atoms with E-state index in [1.807, 2.05) is 18.2 Å². The molecule has 1 saturated heterocycles. The van der Waals surface area contributed by atoms with Crippen molar-refractivity contribution in [3.63, 3.8) is 0 Å². The number of hydrogen-bond donors (Lipinski definition) is 2. The Hall–Kier alpha value is -2.58. The lowest BCUT2D eigenvalue weighted by Gasteiger charge is -2.29. The number of benzene rings is 1. The first-order valence-electron chi connectivity index (χ1n) is 7.30. The molecule has 3 rings (SSSR count). The second kappa shape index (κ2) is 6.04. The average molecular weight is 294 g/mol. The smallest absolute Gasteiger partial charge is 0.0991 e. The van der Waals surface area contributed by atoms with Gasteiger partial charge in [-0.05, 0) is 31.0 Å². The summed E-state index contributed by atoms with van der Waals surface area (Å²) in [5.74, 6) is 0. The van der Waals surface area contributed by atoms with E-state index < -0.39 is 0 Å². The number of hydrogen-bond acceptors (Lipinski definition) is 5. The molecule has 0 amide bonds. The summed E-state index contributed by atoms with van der Waals surface area (Å²) >= 11 is 0. The van der Waals surface area contributed by atoms with Crippen LogP contribution in [0.2, 0.25) is 0 Å². The minimum absolute atomic E-state index is 0.0650. The average Bonchev–Trinajstić information content (AvgIpc) is 2.57. The first-order valence-corrected chi connectivity index (χ1v) is 7.30. The van der Waals surface area contributed by atoms with E-state index in [0.29, 0.717) is 17.9 Å². The van der Waals surface area contributed by atoms with Crippen molar-refractivity contribution >= 4 is 22.3 Å². The topological polar surface area (TPSA) is 84.0 Å². The molecule has 2 aromatic rings. The van der Waals surface area contributed by atoms with E-state index in [9.17, 15) is 0 Å². The van der Waals surface area contributed by atoms with E-state index in [0.717, 1.165) is 29.4 Å². The highest BCUT2D eigenvalue weighted by atomic mass is 16.5. The van der Waals surface area contributed by atoms with E-state index in [2.05, 4.69) is 22.9 Å². The Bertz CT molecular complexity index is 750. The molecular formula is C17H18N4O. The Labute approximate surface area is 129 Å². The van der Waals surface area contributed by atoms with Gasteiger partial charge in [0.05, 0.1) is 40.8 Å². The van der Waals surface area contributed by atoms with Gasteiger partial charge in [0.25, 0.3) is 0 Å². The van der Waals surface area contributed by atoms with Crippen LogP contribution in [0.3, 0.4) is 0 Å². The number of nitrogens with two attached hydrogens (primary N) is 1. The highest BCUT2D eigenvalue weighted by molar-refractivity contribution is 5.97. The summed E-state index contributed by atoms with van der Waals surface area (Å²) in [6, 6.07) is 7.84. The van der Waals surface area contributed by atoms with Crippen molar-refractivity contribution in [1.29, 1.82) is 5.26 Å². The van der Waals surface area contributed by atoms with Crippen molar-refractivity contribution in [2.24, 2.45) is 0 Å². The molecule has 0 spiro atoms. The third-order valence-electron chi connectivity index (χ3n) is 3.95. The van der Waals surface area contributed by atoms with Crippen LogP contribution in [0, 0.1) is 11.3 Å². The highest BCUT2D eigenvalue weighted by Crippen LogP contribution is 2.31. The summed E-state index contributed by atoms with van der Waals surface area (Å²) in [4.78, 5) is 4.33. The summed E-state index contributed by atoms with van der Waals surface area (Å²) in [5, 5.41) is 13.5. The number of fused-ring (bicyclic) bond motifs is 1. The van der Waals surface area contributed by atoms with Crippen LogP contribution in [-0.4, -0.2) is 23.7 Å². The molecule has 2 heterocycles. The van der Waals surface area contributed by atoms with Crippen LogP contribution in [-0.2, 0) is 4.74 Å². The first-order chi connectivity index (χ1) is 10.7. The predicted molar refractivity (Wildman–Crippen MR) is 87.5 cm³/mol. The van der Waals surface area contributed by atoms with Gasteiger partial charge < -0.3 is 15.8 Å². The van der Waals surface area contributed by atoms with Crippen molar-refractivity contribution in [1.82, 2.24) is 4.98 Å². The molecule has 0 bridgehead atoms. The molecule has 1 fully saturated rings. The Morgan fingerprint density at radius 3 is 3.14 bits per heavy atom. The van der Waals surface area contributed by atoms with E-state index in [-0.39, 0.29) is 12.1 Å². The summed E-state index contributed by atoms with van der Waals surface area (Å²) in [5.41, 5.74) is 8.95. The van der Waals surface area contributed by atoms with Crippen molar-refractivity contribution < 1.29 is 4.74 Å². The number of aromatic nitrogens is 1. The van der Waals surface area contributed by atoms with E-state index in [4.69, 9.17) is 15.7 Å². The number of anilines is 2. The fourth-order valence-corrected chi connectivity index (χ4v) is 2.77. The molecule has 112 valence electrons. The molecular weight excluding hydrogens is 276 g/mol. The number of ether oxygens (including phenoxy) is 1. The molecule has 1 aliphatic rings. The molecule has 22 heavy (non-hydrogen) atoms. The van der Waals surface area contributed by atoms with Crippen LogP contribution in [0.4, 0.5) is 11.4 Å². The SMILES string of the molecule is C=C[C@@H]1C[C@H](Nc2c(N)cnc3ccc(C#N)cc23)CCO1. The second-order valence-electron chi connectivity index (χ2n) is 5.44. The Morgan fingerprint density at radius 1 is 1.50 bits per heavy atom. The van der Waals surface area contributed by atoms with Crippen LogP contribution >= 0.6 is 0 Å². The number of nitriles is 1. The molecule has 5 heteroatoms. The number of rotatable bonds is 3. The first kappa shape index (κ1) is 14.4. The molecule has 0 aliphatic carbocycles. The summed E-state index contributed by atoms with van der Waals surface area (Å²) in [6.45, 7) is 4.49. The number of nitrogen functional groups attached to an aromatic ring is 1. The monoisotopic (exact) mass is 294 g/mol. The molecule has 0 radical (unpaired) electrons. The number of nitrogens with zero attached hydrogens (tertiary/aromatic N) is 2. The standard InChI is InChI=1S/C17H18N4O/c1-2-13-8-12(5-6-22-13)21-17-14-7-11(9-18)3-4-16(14)20-10-15(17)19/h2-4,7,10,12-13H,1,5-6,8,19H2,(H,20,21)/t12-,13-/m1/s1. The van der Waals surface area contributed by atoms with Crippen molar-refractivity contribution in [2.75, 3.05) is 17.7 Å². The van der Waals surface area contributed by atoms with Gasteiger partial charge in [0.15, 0.2) is 0 Å².